The molecule has 0 atom stereocenters. The Kier molecular flexibility index (Phi) is 4.18. The number of hydrogen-bond acceptors (Lipinski definition) is 4. The van der Waals surface area contributed by atoms with E-state index in [1.807, 2.05) is 0 Å². The fourth-order valence-electron chi connectivity index (χ4n) is 0.957. The van der Waals surface area contributed by atoms with Crippen molar-refractivity contribution in [3.63, 3.8) is 0 Å². The van der Waals surface area contributed by atoms with Gasteiger partial charge in [-0.1, -0.05) is 5.92 Å². The summed E-state index contributed by atoms with van der Waals surface area (Å²) in [6, 6.07) is 0. The highest BCUT2D eigenvalue weighted by atomic mass is 32.2. The Morgan fingerprint density at radius 1 is 1.80 bits per heavy atom. The summed E-state index contributed by atoms with van der Waals surface area (Å²) >= 11 is -0.105. The zero-order valence-electron chi connectivity index (χ0n) is 8.28. The van der Waals surface area contributed by atoms with Gasteiger partial charge in [-0.3, -0.25) is 0 Å². The minimum atomic E-state index is -0.546. The molecule has 0 amide bonds. The van der Waals surface area contributed by atoms with Crippen molar-refractivity contribution >= 4 is 18.3 Å². The van der Waals surface area contributed by atoms with Crippen LogP contribution in [0.25, 0.3) is 0 Å². The van der Waals surface area contributed by atoms with Crippen LogP contribution in [-0.4, -0.2) is 21.8 Å². The Hall–Kier alpha value is -1.48. The molecule has 0 saturated heterocycles. The number of ether oxygens (including phenoxy) is 1. The van der Waals surface area contributed by atoms with Gasteiger partial charge < -0.3 is 4.74 Å². The summed E-state index contributed by atoms with van der Waals surface area (Å²) in [4.78, 5) is 11.4. The Labute approximate surface area is 91.2 Å². The molecule has 1 heterocycles. The van der Waals surface area contributed by atoms with E-state index in [9.17, 15) is 8.68 Å². The van der Waals surface area contributed by atoms with Crippen LogP contribution >= 0.6 is 12.3 Å². The van der Waals surface area contributed by atoms with Crippen molar-refractivity contribution in [2.45, 2.75) is 13.8 Å². The average Bonchev–Trinajstić information content (AvgIpc) is 2.62. The predicted molar refractivity (Wildman–Crippen MR) is 54.8 cm³/mol. The number of esters is 1. The van der Waals surface area contributed by atoms with Crippen LogP contribution in [0.2, 0.25) is 0 Å². The number of hydrogen-bond donors (Lipinski definition) is 0. The first-order valence-corrected chi connectivity index (χ1v) is 4.89. The number of carbonyl (C=O) groups is 1. The fraction of sp³-hybridized carbons (Fsp3) is 0.333. The maximum atomic E-state index is 12.2. The van der Waals surface area contributed by atoms with E-state index in [0.717, 1.165) is 4.09 Å². The van der Waals surface area contributed by atoms with E-state index >= 15 is 0 Å². The first kappa shape index (κ1) is 11.6. The van der Waals surface area contributed by atoms with Gasteiger partial charge in [0.15, 0.2) is 18.0 Å². The molecule has 0 saturated carbocycles. The Morgan fingerprint density at radius 2 is 2.53 bits per heavy atom. The van der Waals surface area contributed by atoms with Crippen LogP contribution in [0.3, 0.4) is 0 Å². The predicted octanol–water partition coefficient (Wildman–Crippen LogP) is 1.81. The van der Waals surface area contributed by atoms with Gasteiger partial charge in [0.05, 0.1) is 12.8 Å². The average molecular weight is 228 g/mol. The van der Waals surface area contributed by atoms with Crippen molar-refractivity contribution in [1.29, 1.82) is 0 Å². The summed E-state index contributed by atoms with van der Waals surface area (Å²) in [7, 11) is 0. The Balaban J connectivity index is 3.06. The number of halogens is 1. The maximum Gasteiger partial charge on any atom is 0.342 e. The van der Waals surface area contributed by atoms with Gasteiger partial charge in [0.1, 0.15) is 5.56 Å². The highest BCUT2D eigenvalue weighted by Crippen LogP contribution is 2.13. The first-order chi connectivity index (χ1) is 7.22. The van der Waals surface area contributed by atoms with Gasteiger partial charge >= 0.3 is 5.97 Å². The van der Waals surface area contributed by atoms with Crippen LogP contribution in [0.5, 0.6) is 0 Å². The van der Waals surface area contributed by atoms with E-state index in [1.165, 1.54) is 6.20 Å². The van der Waals surface area contributed by atoms with Crippen LogP contribution < -0.4 is 0 Å². The second-order valence-electron chi connectivity index (χ2n) is 2.46. The molecular weight excluding hydrogens is 219 g/mol. The molecule has 0 N–H and O–H groups in total. The quantitative estimate of drug-likeness (QED) is 0.584. The van der Waals surface area contributed by atoms with Crippen LogP contribution in [0.1, 0.15) is 29.9 Å². The third kappa shape index (κ3) is 2.73. The van der Waals surface area contributed by atoms with Gasteiger partial charge in [0.2, 0.25) is 0 Å². The van der Waals surface area contributed by atoms with Gasteiger partial charge in [-0.15, -0.1) is 3.89 Å². The van der Waals surface area contributed by atoms with Gasteiger partial charge in [-0.05, 0) is 19.8 Å². The van der Waals surface area contributed by atoms with Gasteiger partial charge in [0, 0.05) is 0 Å². The van der Waals surface area contributed by atoms with Crippen molar-refractivity contribution in [1.82, 2.24) is 9.19 Å². The highest BCUT2D eigenvalue weighted by molar-refractivity contribution is 7.92. The molecule has 0 aromatic carbocycles. The molecule has 1 rings (SSSR count). The minimum Gasteiger partial charge on any atom is -0.462 e. The molecule has 0 bridgehead atoms. The minimum absolute atomic E-state index is 0.105. The van der Waals surface area contributed by atoms with E-state index in [0.29, 0.717) is 0 Å². The standard InChI is InChI=1S/C9H9FN2O2S/c1-3-5-8-7(9(13)14-4-2)6-12(11-8)15-10/h6H,4H2,1-2H3. The first-order valence-electron chi connectivity index (χ1n) is 4.21. The molecule has 0 unspecified atom stereocenters. The lowest BCUT2D eigenvalue weighted by Crippen LogP contribution is -2.05. The zero-order chi connectivity index (χ0) is 11.3. The molecule has 15 heavy (non-hydrogen) atoms. The van der Waals surface area contributed by atoms with Gasteiger partial charge in [-0.25, -0.2) is 4.79 Å². The second-order valence-corrected chi connectivity index (χ2v) is 2.97. The molecule has 1 aromatic rings. The summed E-state index contributed by atoms with van der Waals surface area (Å²) in [5.74, 6) is 4.66. The lowest BCUT2D eigenvalue weighted by molar-refractivity contribution is 0.0526. The normalized spacial score (nSPS) is 9.27. The molecule has 0 aliphatic carbocycles. The molecule has 1 aromatic heterocycles. The SMILES string of the molecule is CC#Cc1nn(SF)cc1C(=O)OCC. The van der Waals surface area contributed by atoms with Crippen molar-refractivity contribution < 1.29 is 13.4 Å². The Morgan fingerprint density at radius 3 is 3.07 bits per heavy atom. The van der Waals surface area contributed by atoms with E-state index in [4.69, 9.17) is 4.74 Å². The van der Waals surface area contributed by atoms with Crippen LogP contribution in [0.15, 0.2) is 6.20 Å². The van der Waals surface area contributed by atoms with Gasteiger partial charge in [-0.2, -0.15) is 9.19 Å². The maximum absolute atomic E-state index is 12.2. The number of rotatable bonds is 3. The largest absolute Gasteiger partial charge is 0.462 e. The van der Waals surface area contributed by atoms with Crippen molar-refractivity contribution in [3.8, 4) is 11.8 Å². The van der Waals surface area contributed by atoms with Crippen molar-refractivity contribution in [2.24, 2.45) is 0 Å². The van der Waals surface area contributed by atoms with Crippen molar-refractivity contribution in [2.75, 3.05) is 6.61 Å². The number of carbonyl (C=O) groups excluding carboxylic acids is 1. The monoisotopic (exact) mass is 228 g/mol. The number of nitrogens with zero attached hydrogens (tertiary/aromatic N) is 2. The second kappa shape index (κ2) is 5.41. The topological polar surface area (TPSA) is 44.1 Å². The van der Waals surface area contributed by atoms with Crippen LogP contribution in [0.4, 0.5) is 3.89 Å². The van der Waals surface area contributed by atoms with E-state index < -0.39 is 5.97 Å². The number of aromatic nitrogens is 2. The van der Waals surface area contributed by atoms with E-state index in [1.54, 1.807) is 13.8 Å². The Bertz CT molecular complexity index is 419. The van der Waals surface area contributed by atoms with E-state index in [2.05, 4.69) is 16.9 Å². The summed E-state index contributed by atoms with van der Waals surface area (Å²) in [6.45, 7) is 3.56. The highest BCUT2D eigenvalue weighted by Gasteiger charge is 2.16. The molecule has 6 heteroatoms. The molecule has 4 nitrogen and oxygen atoms in total. The third-order valence-corrected chi connectivity index (χ3v) is 1.83. The molecule has 0 fully saturated rings. The van der Waals surface area contributed by atoms with Crippen molar-refractivity contribution in [3.05, 3.63) is 17.5 Å². The fourth-order valence-corrected chi connectivity index (χ4v) is 1.21. The summed E-state index contributed by atoms with van der Waals surface area (Å²) < 4.78 is 17.9. The van der Waals surface area contributed by atoms with Gasteiger partial charge in [0.25, 0.3) is 0 Å². The molecule has 80 valence electrons. The van der Waals surface area contributed by atoms with Crippen LogP contribution in [-0.2, 0) is 4.74 Å². The van der Waals surface area contributed by atoms with Crippen LogP contribution in [0, 0.1) is 11.8 Å². The summed E-state index contributed by atoms with van der Waals surface area (Å²) in [6.07, 6.45) is 1.25. The molecule has 0 spiro atoms. The third-order valence-electron chi connectivity index (χ3n) is 1.50. The van der Waals surface area contributed by atoms with E-state index in [-0.39, 0.29) is 30.2 Å². The summed E-state index contributed by atoms with van der Waals surface area (Å²) in [5, 5.41) is 3.75. The lowest BCUT2D eigenvalue weighted by atomic mass is 10.2. The smallest absolute Gasteiger partial charge is 0.342 e. The zero-order valence-corrected chi connectivity index (χ0v) is 9.10. The molecule has 0 radical (unpaired) electrons. The molecule has 0 aliphatic heterocycles. The molecular formula is C9H9FN2O2S. The summed E-state index contributed by atoms with van der Waals surface area (Å²) in [5.41, 5.74) is 0.400. The lowest BCUT2D eigenvalue weighted by Gasteiger charge is -1.97. The molecule has 0 aliphatic rings.